The normalized spacial score (nSPS) is 21.7. The van der Waals surface area contributed by atoms with Crippen LogP contribution in [0.4, 0.5) is 10.5 Å². The van der Waals surface area contributed by atoms with Crippen molar-refractivity contribution in [2.24, 2.45) is 11.7 Å². The van der Waals surface area contributed by atoms with E-state index in [9.17, 15) is 9.59 Å². The molecule has 2 fully saturated rings. The molecule has 0 spiro atoms. The number of hydrogen-bond donors (Lipinski definition) is 1. The number of amides is 3. The van der Waals surface area contributed by atoms with Gasteiger partial charge < -0.3 is 20.4 Å². The molecule has 0 aliphatic carbocycles. The molecular weight excluding hydrogens is 328 g/mol. The summed E-state index contributed by atoms with van der Waals surface area (Å²) in [7, 11) is 0. The molecule has 2 saturated heterocycles. The Morgan fingerprint density at radius 1 is 1.04 bits per heavy atom. The van der Waals surface area contributed by atoms with Crippen molar-refractivity contribution in [2.45, 2.75) is 12.8 Å². The Labute approximate surface area is 147 Å². The lowest BCUT2D eigenvalue weighted by Gasteiger charge is -2.39. The summed E-state index contributed by atoms with van der Waals surface area (Å²) >= 11 is 6.25. The van der Waals surface area contributed by atoms with Gasteiger partial charge in [0.05, 0.1) is 16.6 Å². The number of halogens is 1. The van der Waals surface area contributed by atoms with Crippen LogP contribution < -0.4 is 10.6 Å². The predicted molar refractivity (Wildman–Crippen MR) is 94.1 cm³/mol. The Bertz CT molecular complexity index is 616. The van der Waals surface area contributed by atoms with Gasteiger partial charge in [-0.2, -0.15) is 0 Å². The van der Waals surface area contributed by atoms with Crippen molar-refractivity contribution in [3.05, 3.63) is 29.3 Å². The van der Waals surface area contributed by atoms with Gasteiger partial charge in [0.25, 0.3) is 0 Å². The number of nitrogens with zero attached hydrogens (tertiary/aromatic N) is 3. The highest BCUT2D eigenvalue weighted by molar-refractivity contribution is 6.33. The number of primary amides is 1. The number of likely N-dealkylation sites (tertiary alicyclic amines) is 1. The molecule has 0 unspecified atom stereocenters. The van der Waals surface area contributed by atoms with Gasteiger partial charge in [0.15, 0.2) is 0 Å². The van der Waals surface area contributed by atoms with E-state index in [1.807, 2.05) is 29.2 Å². The summed E-state index contributed by atoms with van der Waals surface area (Å²) in [5, 5.41) is 0.738. The Hall–Kier alpha value is -1.95. The van der Waals surface area contributed by atoms with Gasteiger partial charge in [0.2, 0.25) is 5.91 Å². The quantitative estimate of drug-likeness (QED) is 0.883. The van der Waals surface area contributed by atoms with Crippen LogP contribution in [0.15, 0.2) is 24.3 Å². The lowest BCUT2D eigenvalue weighted by molar-refractivity contribution is -0.137. The van der Waals surface area contributed by atoms with Crippen LogP contribution in [0, 0.1) is 5.92 Å². The van der Waals surface area contributed by atoms with Crippen molar-refractivity contribution in [1.29, 1.82) is 0 Å². The minimum atomic E-state index is -0.434. The van der Waals surface area contributed by atoms with E-state index in [4.69, 9.17) is 17.3 Å². The van der Waals surface area contributed by atoms with Crippen LogP contribution in [0.25, 0.3) is 0 Å². The number of anilines is 1. The van der Waals surface area contributed by atoms with Crippen LogP contribution in [-0.2, 0) is 4.79 Å². The molecule has 2 aliphatic heterocycles. The number of hydrogen-bond acceptors (Lipinski definition) is 3. The topological polar surface area (TPSA) is 69.9 Å². The summed E-state index contributed by atoms with van der Waals surface area (Å²) < 4.78 is 0. The van der Waals surface area contributed by atoms with Crippen molar-refractivity contribution < 1.29 is 9.59 Å². The maximum absolute atomic E-state index is 12.7. The third-order valence-electron chi connectivity index (χ3n) is 4.87. The van der Waals surface area contributed by atoms with Crippen molar-refractivity contribution in [2.75, 3.05) is 44.2 Å². The van der Waals surface area contributed by atoms with Crippen LogP contribution in [0.1, 0.15) is 12.8 Å². The van der Waals surface area contributed by atoms with Crippen LogP contribution >= 0.6 is 11.6 Å². The smallest absolute Gasteiger partial charge is 0.314 e. The molecule has 24 heavy (non-hydrogen) atoms. The molecule has 7 heteroatoms. The van der Waals surface area contributed by atoms with Crippen LogP contribution in [0.5, 0.6) is 0 Å². The monoisotopic (exact) mass is 350 g/mol. The number of para-hydroxylation sites is 1. The highest BCUT2D eigenvalue weighted by Crippen LogP contribution is 2.27. The van der Waals surface area contributed by atoms with E-state index in [0.29, 0.717) is 26.2 Å². The zero-order valence-corrected chi connectivity index (χ0v) is 14.4. The maximum Gasteiger partial charge on any atom is 0.314 e. The van der Waals surface area contributed by atoms with Crippen LogP contribution in [0.2, 0.25) is 5.02 Å². The fourth-order valence-electron chi connectivity index (χ4n) is 3.51. The number of nitrogens with two attached hydrogens (primary N) is 1. The van der Waals surface area contributed by atoms with Gasteiger partial charge in [0, 0.05) is 39.3 Å². The van der Waals surface area contributed by atoms with E-state index in [2.05, 4.69) is 4.90 Å². The first kappa shape index (κ1) is 16.9. The van der Waals surface area contributed by atoms with Crippen molar-refractivity contribution in [3.8, 4) is 0 Å². The zero-order valence-electron chi connectivity index (χ0n) is 13.7. The van der Waals surface area contributed by atoms with Gasteiger partial charge in [-0.25, -0.2) is 4.79 Å². The Balaban J connectivity index is 1.57. The first-order valence-electron chi connectivity index (χ1n) is 8.39. The third-order valence-corrected chi connectivity index (χ3v) is 5.19. The lowest BCUT2D eigenvalue weighted by atomic mass is 9.96. The molecule has 0 aromatic heterocycles. The summed E-state index contributed by atoms with van der Waals surface area (Å²) in [6.07, 6.45) is 1.66. The molecule has 3 amide bonds. The van der Waals surface area contributed by atoms with Gasteiger partial charge in [0.1, 0.15) is 0 Å². The van der Waals surface area contributed by atoms with E-state index in [0.717, 1.165) is 36.6 Å². The van der Waals surface area contributed by atoms with Gasteiger partial charge in [-0.15, -0.1) is 0 Å². The Morgan fingerprint density at radius 3 is 2.42 bits per heavy atom. The largest absolute Gasteiger partial charge is 0.367 e. The molecule has 3 rings (SSSR count). The second-order valence-electron chi connectivity index (χ2n) is 6.39. The average Bonchev–Trinajstić information content (AvgIpc) is 2.62. The van der Waals surface area contributed by atoms with Crippen molar-refractivity contribution in [1.82, 2.24) is 9.80 Å². The molecule has 2 aliphatic rings. The van der Waals surface area contributed by atoms with E-state index in [1.54, 1.807) is 4.90 Å². The van der Waals surface area contributed by atoms with E-state index in [-0.39, 0.29) is 11.8 Å². The zero-order chi connectivity index (χ0) is 17.1. The standard InChI is InChI=1S/C17H23ClN4O2/c18-14-5-1-2-6-15(14)20-8-10-21(11-9-20)16(23)13-4-3-7-22(12-13)17(19)24/h1-2,5-6,13H,3-4,7-12H2,(H2,19,24)/t13-/m0/s1. The first-order valence-corrected chi connectivity index (χ1v) is 8.76. The number of piperidine rings is 1. The fraction of sp³-hybridized carbons (Fsp3) is 0.529. The SMILES string of the molecule is NC(=O)N1CCC[C@H](C(=O)N2CCN(c3ccccc3Cl)CC2)C1. The molecule has 2 heterocycles. The molecule has 2 N–H and O–H groups in total. The minimum absolute atomic E-state index is 0.127. The second-order valence-corrected chi connectivity index (χ2v) is 6.79. The number of urea groups is 1. The number of carbonyl (C=O) groups is 2. The number of rotatable bonds is 2. The molecule has 0 saturated carbocycles. The van der Waals surface area contributed by atoms with Crippen LogP contribution in [0.3, 0.4) is 0 Å². The van der Waals surface area contributed by atoms with Crippen molar-refractivity contribution in [3.63, 3.8) is 0 Å². The number of benzene rings is 1. The first-order chi connectivity index (χ1) is 11.6. The Morgan fingerprint density at radius 2 is 1.75 bits per heavy atom. The summed E-state index contributed by atoms with van der Waals surface area (Å²) in [5.41, 5.74) is 6.37. The molecule has 130 valence electrons. The molecule has 0 radical (unpaired) electrons. The number of piperazine rings is 1. The van der Waals surface area contributed by atoms with Gasteiger partial charge >= 0.3 is 6.03 Å². The lowest BCUT2D eigenvalue weighted by Crippen LogP contribution is -2.53. The molecule has 1 aromatic rings. The highest BCUT2D eigenvalue weighted by Gasteiger charge is 2.32. The summed E-state index contributed by atoms with van der Waals surface area (Å²) in [6, 6.07) is 7.34. The van der Waals surface area contributed by atoms with Gasteiger partial charge in [-0.05, 0) is 25.0 Å². The molecule has 1 atom stereocenters. The van der Waals surface area contributed by atoms with Crippen molar-refractivity contribution >= 4 is 29.2 Å². The summed E-state index contributed by atoms with van der Waals surface area (Å²) in [5.74, 6) is 0.0119. The second kappa shape index (κ2) is 7.30. The van der Waals surface area contributed by atoms with E-state index >= 15 is 0 Å². The predicted octanol–water partition coefficient (Wildman–Crippen LogP) is 1.78. The van der Waals surface area contributed by atoms with Gasteiger partial charge in [-0.3, -0.25) is 4.79 Å². The van der Waals surface area contributed by atoms with Gasteiger partial charge in [-0.1, -0.05) is 23.7 Å². The maximum atomic E-state index is 12.7. The summed E-state index contributed by atoms with van der Waals surface area (Å²) in [6.45, 7) is 3.98. The third kappa shape index (κ3) is 3.59. The fourth-order valence-corrected chi connectivity index (χ4v) is 3.77. The van der Waals surface area contributed by atoms with E-state index in [1.165, 1.54) is 0 Å². The molecular formula is C17H23ClN4O2. The molecule has 0 bridgehead atoms. The molecule has 1 aromatic carbocycles. The van der Waals surface area contributed by atoms with Crippen LogP contribution in [-0.4, -0.2) is 61.0 Å². The Kier molecular flexibility index (Phi) is 5.14. The minimum Gasteiger partial charge on any atom is -0.367 e. The van der Waals surface area contributed by atoms with E-state index < -0.39 is 6.03 Å². The highest BCUT2D eigenvalue weighted by atomic mass is 35.5. The average molecular weight is 351 g/mol. The summed E-state index contributed by atoms with van der Waals surface area (Å²) in [4.78, 5) is 29.8. The molecule has 6 nitrogen and oxygen atoms in total. The number of carbonyl (C=O) groups excluding carboxylic acids is 2.